The zero-order chi connectivity index (χ0) is 23.7. The number of rotatable bonds is 5. The second kappa shape index (κ2) is 9.15. The fourth-order valence-corrected chi connectivity index (χ4v) is 4.88. The van der Waals surface area contributed by atoms with Crippen molar-refractivity contribution in [3.63, 3.8) is 0 Å². The molecule has 172 valence electrons. The summed E-state index contributed by atoms with van der Waals surface area (Å²) in [5.41, 5.74) is 2.92. The topological polar surface area (TPSA) is 77.1 Å². The molecule has 2 aliphatic rings. The third-order valence-electron chi connectivity index (χ3n) is 5.63. The molecule has 7 nitrogen and oxygen atoms in total. The lowest BCUT2D eigenvalue weighted by Crippen LogP contribution is -2.31. The molecule has 2 heterocycles. The average Bonchev–Trinajstić information content (AvgIpc) is 3.34. The van der Waals surface area contributed by atoms with Crippen LogP contribution in [0, 0.1) is 0 Å². The number of para-hydroxylation sites is 1. The van der Waals surface area contributed by atoms with Gasteiger partial charge in [0.1, 0.15) is 5.75 Å². The molecule has 0 aromatic heterocycles. The summed E-state index contributed by atoms with van der Waals surface area (Å²) in [6.07, 6.45) is 1.83. The van der Waals surface area contributed by atoms with Crippen LogP contribution in [0.1, 0.15) is 21.5 Å². The third-order valence-corrected chi connectivity index (χ3v) is 6.71. The van der Waals surface area contributed by atoms with Gasteiger partial charge in [-0.05, 0) is 48.0 Å². The molecule has 3 aromatic carbocycles. The van der Waals surface area contributed by atoms with Crippen molar-refractivity contribution in [3.8, 4) is 17.2 Å². The van der Waals surface area contributed by atoms with Gasteiger partial charge in [-0.3, -0.25) is 9.59 Å². The number of carbonyl (C=O) groups excluding carboxylic acids is 2. The number of nitrogens with one attached hydrogen (secondary N) is 1. The molecule has 2 amide bonds. The van der Waals surface area contributed by atoms with Crippen molar-refractivity contribution in [2.75, 3.05) is 25.9 Å². The first kappa shape index (κ1) is 21.9. The molecule has 0 radical (unpaired) electrons. The van der Waals surface area contributed by atoms with Crippen LogP contribution in [-0.4, -0.2) is 32.8 Å². The summed E-state index contributed by atoms with van der Waals surface area (Å²) in [5.74, 6) is 1.72. The van der Waals surface area contributed by atoms with Crippen LogP contribution in [-0.2, 0) is 11.3 Å². The average molecular weight is 475 g/mol. The van der Waals surface area contributed by atoms with Crippen molar-refractivity contribution in [1.29, 1.82) is 0 Å². The molecule has 0 atom stereocenters. The fraction of sp³-hybridized carbons (Fsp3) is 0.154. The Bertz CT molecular complexity index is 1320. The van der Waals surface area contributed by atoms with Gasteiger partial charge in [0.05, 0.1) is 17.7 Å². The highest BCUT2D eigenvalue weighted by Gasteiger charge is 2.27. The van der Waals surface area contributed by atoms with Gasteiger partial charge >= 0.3 is 0 Å². The minimum absolute atomic E-state index is 0.138. The Morgan fingerprint density at radius 3 is 2.79 bits per heavy atom. The second-order valence-corrected chi connectivity index (χ2v) is 8.85. The molecular formula is C26H22N2O5S. The Labute approximate surface area is 201 Å². The molecule has 0 spiro atoms. The summed E-state index contributed by atoms with van der Waals surface area (Å²) in [4.78, 5) is 28.9. The van der Waals surface area contributed by atoms with Crippen molar-refractivity contribution >= 4 is 35.3 Å². The lowest BCUT2D eigenvalue weighted by molar-refractivity contribution is -0.114. The van der Waals surface area contributed by atoms with Crippen LogP contribution in [0.5, 0.6) is 17.2 Å². The Balaban J connectivity index is 1.33. The molecule has 0 saturated heterocycles. The predicted molar refractivity (Wildman–Crippen MR) is 130 cm³/mol. The van der Waals surface area contributed by atoms with Crippen LogP contribution in [0.2, 0.25) is 0 Å². The summed E-state index contributed by atoms with van der Waals surface area (Å²) in [6.45, 7) is 0.558. The Morgan fingerprint density at radius 2 is 1.94 bits per heavy atom. The maximum Gasteiger partial charge on any atom is 0.264 e. The maximum absolute atomic E-state index is 13.1. The van der Waals surface area contributed by atoms with Crippen LogP contribution in [0.3, 0.4) is 0 Å². The van der Waals surface area contributed by atoms with Crippen LogP contribution in [0.15, 0.2) is 70.5 Å². The molecule has 3 aromatic rings. The Morgan fingerprint density at radius 1 is 1.12 bits per heavy atom. The van der Waals surface area contributed by atoms with Gasteiger partial charge in [0, 0.05) is 29.6 Å². The van der Waals surface area contributed by atoms with E-state index in [4.69, 9.17) is 14.2 Å². The number of likely N-dealkylation sites (N-methyl/N-ethyl adjacent to an activating group) is 1. The normalized spacial score (nSPS) is 15.3. The number of ether oxygens (including phenoxy) is 3. The van der Waals surface area contributed by atoms with Gasteiger partial charge in [0.25, 0.3) is 11.8 Å². The number of benzene rings is 3. The number of carbonyl (C=O) groups is 2. The SMILES string of the molecule is COc1ccccc1C=C1Sc2ccc(C(=O)NCc3ccc4c(c3)OCO4)cc2N(C)C1=O. The zero-order valence-electron chi connectivity index (χ0n) is 18.7. The standard InChI is InChI=1S/C26H22N2O5S/c1-28-19-12-18(25(29)27-14-16-7-9-21-22(11-16)33-15-32-21)8-10-23(19)34-24(26(28)30)13-17-5-3-4-6-20(17)31-2/h3-13H,14-15H2,1-2H3,(H,27,29). The highest BCUT2D eigenvalue weighted by atomic mass is 32.2. The number of fused-ring (bicyclic) bond motifs is 2. The monoisotopic (exact) mass is 474 g/mol. The smallest absolute Gasteiger partial charge is 0.264 e. The second-order valence-electron chi connectivity index (χ2n) is 7.77. The number of methoxy groups -OCH3 is 1. The molecule has 2 aliphatic heterocycles. The van der Waals surface area contributed by atoms with E-state index in [1.54, 1.807) is 31.2 Å². The Kier molecular flexibility index (Phi) is 5.90. The molecule has 34 heavy (non-hydrogen) atoms. The van der Waals surface area contributed by atoms with Gasteiger partial charge in [-0.25, -0.2) is 0 Å². The molecular weight excluding hydrogens is 452 g/mol. The molecule has 0 saturated carbocycles. The quantitative estimate of drug-likeness (QED) is 0.550. The number of amides is 2. The van der Waals surface area contributed by atoms with Crippen molar-refractivity contribution in [2.24, 2.45) is 0 Å². The molecule has 0 aliphatic carbocycles. The molecule has 0 bridgehead atoms. The van der Waals surface area contributed by atoms with Crippen LogP contribution < -0.4 is 24.4 Å². The number of hydrogen-bond acceptors (Lipinski definition) is 6. The minimum Gasteiger partial charge on any atom is -0.496 e. The molecule has 5 rings (SSSR count). The van der Waals surface area contributed by atoms with Crippen LogP contribution in [0.4, 0.5) is 5.69 Å². The van der Waals surface area contributed by atoms with Crippen molar-refractivity contribution in [2.45, 2.75) is 11.4 Å². The third kappa shape index (κ3) is 4.20. The van der Waals surface area contributed by atoms with Gasteiger partial charge in [-0.15, -0.1) is 0 Å². The summed E-state index contributed by atoms with van der Waals surface area (Å²) < 4.78 is 16.1. The van der Waals surface area contributed by atoms with E-state index in [0.717, 1.165) is 16.0 Å². The number of thioether (sulfide) groups is 1. The van der Waals surface area contributed by atoms with Crippen LogP contribution >= 0.6 is 11.8 Å². The summed E-state index contributed by atoms with van der Waals surface area (Å²) in [7, 11) is 3.32. The van der Waals surface area contributed by atoms with Crippen molar-refractivity contribution < 1.29 is 23.8 Å². The van der Waals surface area contributed by atoms with E-state index >= 15 is 0 Å². The van der Waals surface area contributed by atoms with E-state index in [1.807, 2.05) is 54.6 Å². The van der Waals surface area contributed by atoms with Crippen LogP contribution in [0.25, 0.3) is 6.08 Å². The van der Waals surface area contributed by atoms with E-state index in [1.165, 1.54) is 11.8 Å². The molecule has 0 unspecified atom stereocenters. The highest BCUT2D eigenvalue weighted by Crippen LogP contribution is 2.42. The zero-order valence-corrected chi connectivity index (χ0v) is 19.5. The summed E-state index contributed by atoms with van der Waals surface area (Å²) in [5, 5.41) is 2.92. The lowest BCUT2D eigenvalue weighted by Gasteiger charge is -2.27. The predicted octanol–water partition coefficient (Wildman–Crippen LogP) is 4.46. The first-order valence-corrected chi connectivity index (χ1v) is 11.5. The number of nitrogens with zero attached hydrogens (tertiary/aromatic N) is 1. The van der Waals surface area contributed by atoms with E-state index in [0.29, 0.717) is 39.9 Å². The molecule has 1 N–H and O–H groups in total. The number of anilines is 1. The summed E-state index contributed by atoms with van der Waals surface area (Å²) >= 11 is 1.38. The fourth-order valence-electron chi connectivity index (χ4n) is 3.80. The number of hydrogen-bond donors (Lipinski definition) is 1. The van der Waals surface area contributed by atoms with Crippen molar-refractivity contribution in [1.82, 2.24) is 5.32 Å². The Hall–Kier alpha value is -3.91. The largest absolute Gasteiger partial charge is 0.496 e. The molecule has 0 fully saturated rings. The first-order chi connectivity index (χ1) is 16.5. The van der Waals surface area contributed by atoms with Gasteiger partial charge in [-0.1, -0.05) is 36.0 Å². The van der Waals surface area contributed by atoms with Crippen molar-refractivity contribution in [3.05, 3.63) is 82.3 Å². The van der Waals surface area contributed by atoms with E-state index in [9.17, 15) is 9.59 Å². The van der Waals surface area contributed by atoms with Gasteiger partial charge in [-0.2, -0.15) is 0 Å². The van der Waals surface area contributed by atoms with E-state index < -0.39 is 0 Å². The lowest BCUT2D eigenvalue weighted by atomic mass is 10.1. The van der Waals surface area contributed by atoms with E-state index in [2.05, 4.69) is 5.32 Å². The van der Waals surface area contributed by atoms with Gasteiger partial charge < -0.3 is 24.4 Å². The van der Waals surface area contributed by atoms with Gasteiger partial charge in [0.2, 0.25) is 6.79 Å². The highest BCUT2D eigenvalue weighted by molar-refractivity contribution is 8.04. The van der Waals surface area contributed by atoms with Gasteiger partial charge in [0.15, 0.2) is 11.5 Å². The summed E-state index contributed by atoms with van der Waals surface area (Å²) in [6, 6.07) is 18.5. The van der Waals surface area contributed by atoms with E-state index in [-0.39, 0.29) is 18.6 Å². The minimum atomic E-state index is -0.221. The first-order valence-electron chi connectivity index (χ1n) is 10.6. The maximum atomic E-state index is 13.1. The molecule has 8 heteroatoms.